The lowest BCUT2D eigenvalue weighted by atomic mass is 10.1. The van der Waals surface area contributed by atoms with Gasteiger partial charge < -0.3 is 0 Å². The van der Waals surface area contributed by atoms with E-state index in [0.717, 1.165) is 22.5 Å². The van der Waals surface area contributed by atoms with Gasteiger partial charge in [-0.05, 0) is 12.1 Å². The molecule has 0 atom stereocenters. The van der Waals surface area contributed by atoms with Gasteiger partial charge in [-0.25, -0.2) is 0 Å². The van der Waals surface area contributed by atoms with E-state index in [1.54, 1.807) is 0 Å². The van der Waals surface area contributed by atoms with Crippen LogP contribution in [0, 0.1) is 0 Å². The molecule has 82 valence electrons. The first kappa shape index (κ1) is 9.97. The van der Waals surface area contributed by atoms with Crippen LogP contribution in [0.5, 0.6) is 0 Å². The van der Waals surface area contributed by atoms with Crippen molar-refractivity contribution in [3.8, 4) is 0 Å². The first-order valence-electron chi connectivity index (χ1n) is 5.60. The average Bonchev–Trinajstić information content (AvgIpc) is 2.69. The van der Waals surface area contributed by atoms with E-state index in [1.807, 2.05) is 54.6 Å². The molecular weight excluding hydrogens is 210 g/mol. The van der Waals surface area contributed by atoms with Gasteiger partial charge in [0, 0.05) is 11.1 Å². The van der Waals surface area contributed by atoms with Crippen LogP contribution in [-0.2, 0) is 0 Å². The van der Waals surface area contributed by atoms with Crippen molar-refractivity contribution in [2.24, 2.45) is 4.99 Å². The van der Waals surface area contributed by atoms with Gasteiger partial charge in [0.2, 0.25) is 0 Å². The molecule has 0 aliphatic heterocycles. The molecule has 0 fully saturated rings. The minimum Gasteiger partial charge on any atom is -0.294 e. The lowest BCUT2D eigenvalue weighted by Gasteiger charge is -1.98. The van der Waals surface area contributed by atoms with Gasteiger partial charge in [-0.15, -0.1) is 0 Å². The predicted octanol–water partition coefficient (Wildman–Crippen LogP) is 3.39. The van der Waals surface area contributed by atoms with Crippen molar-refractivity contribution in [3.63, 3.8) is 0 Å². The normalized spacial score (nSPS) is 16.2. The highest BCUT2D eigenvalue weighted by Crippen LogP contribution is 2.24. The number of nitrogens with zero attached hydrogens (tertiary/aromatic N) is 1. The number of benzene rings is 2. The standard InChI is InChI=1S/C15H11NO/c17-15-10-14(12-8-4-5-9-13(12)15)16-11-6-2-1-3-7-11/h1-9H,10H2. The zero-order valence-corrected chi connectivity index (χ0v) is 9.26. The molecule has 17 heavy (non-hydrogen) atoms. The Bertz CT molecular complexity index is 599. The SMILES string of the molecule is O=C1CC(=Nc2ccccc2)c2ccccc21. The van der Waals surface area contributed by atoms with Crippen LogP contribution in [0.25, 0.3) is 0 Å². The average molecular weight is 221 g/mol. The number of Topliss-reactive ketones (excluding diaryl/α,β-unsaturated/α-hetero) is 1. The van der Waals surface area contributed by atoms with Crippen LogP contribution >= 0.6 is 0 Å². The number of aliphatic imine (C=N–C) groups is 1. The maximum absolute atomic E-state index is 11.8. The number of para-hydroxylation sites is 1. The monoisotopic (exact) mass is 221 g/mol. The number of ketones is 1. The Morgan fingerprint density at radius 2 is 1.47 bits per heavy atom. The smallest absolute Gasteiger partial charge is 0.169 e. The van der Waals surface area contributed by atoms with E-state index in [0.29, 0.717) is 6.42 Å². The third-order valence-corrected chi connectivity index (χ3v) is 2.89. The van der Waals surface area contributed by atoms with Crippen molar-refractivity contribution in [3.05, 3.63) is 65.7 Å². The Hall–Kier alpha value is -2.22. The van der Waals surface area contributed by atoms with Gasteiger partial charge in [0.15, 0.2) is 5.78 Å². The van der Waals surface area contributed by atoms with Crippen LogP contribution in [0.4, 0.5) is 5.69 Å². The summed E-state index contributed by atoms with van der Waals surface area (Å²) in [5.41, 5.74) is 3.53. The van der Waals surface area contributed by atoms with E-state index in [2.05, 4.69) is 4.99 Å². The highest BCUT2D eigenvalue weighted by atomic mass is 16.1. The molecule has 0 N–H and O–H groups in total. The minimum absolute atomic E-state index is 0.162. The largest absolute Gasteiger partial charge is 0.294 e. The third kappa shape index (κ3) is 1.78. The van der Waals surface area contributed by atoms with Gasteiger partial charge in [-0.2, -0.15) is 0 Å². The highest BCUT2D eigenvalue weighted by Gasteiger charge is 2.24. The first-order chi connectivity index (χ1) is 8.34. The molecule has 0 saturated carbocycles. The summed E-state index contributed by atoms with van der Waals surface area (Å²) in [6.07, 6.45) is 0.411. The molecule has 0 bridgehead atoms. The van der Waals surface area contributed by atoms with Crippen LogP contribution in [-0.4, -0.2) is 11.5 Å². The molecule has 1 aliphatic rings. The maximum atomic E-state index is 11.8. The minimum atomic E-state index is 0.162. The Labute approximate surface area is 99.6 Å². The topological polar surface area (TPSA) is 29.4 Å². The fourth-order valence-corrected chi connectivity index (χ4v) is 2.08. The van der Waals surface area contributed by atoms with Crippen LogP contribution in [0.2, 0.25) is 0 Å². The lowest BCUT2D eigenvalue weighted by molar-refractivity contribution is 0.101. The summed E-state index contributed by atoms with van der Waals surface area (Å²) in [6.45, 7) is 0. The van der Waals surface area contributed by atoms with Gasteiger partial charge >= 0.3 is 0 Å². The molecule has 0 amide bonds. The molecule has 3 rings (SSSR count). The fourth-order valence-electron chi connectivity index (χ4n) is 2.08. The highest BCUT2D eigenvalue weighted by molar-refractivity contribution is 6.26. The summed E-state index contributed by atoms with van der Waals surface area (Å²) < 4.78 is 0. The van der Waals surface area contributed by atoms with Gasteiger partial charge in [0.05, 0.1) is 17.8 Å². The van der Waals surface area contributed by atoms with Crippen LogP contribution in [0.1, 0.15) is 22.3 Å². The quantitative estimate of drug-likeness (QED) is 0.725. The van der Waals surface area contributed by atoms with Crippen LogP contribution in [0.3, 0.4) is 0 Å². The molecule has 2 aromatic rings. The van der Waals surface area contributed by atoms with Crippen molar-refractivity contribution in [1.29, 1.82) is 0 Å². The van der Waals surface area contributed by atoms with Crippen LogP contribution in [0.15, 0.2) is 59.6 Å². The molecule has 0 saturated heterocycles. The second kappa shape index (κ2) is 3.98. The summed E-state index contributed by atoms with van der Waals surface area (Å²) in [6, 6.07) is 17.4. The summed E-state index contributed by atoms with van der Waals surface area (Å²) >= 11 is 0. The molecule has 0 heterocycles. The molecule has 2 nitrogen and oxygen atoms in total. The Morgan fingerprint density at radius 1 is 0.824 bits per heavy atom. The Balaban J connectivity index is 2.08. The molecule has 2 aromatic carbocycles. The molecule has 0 spiro atoms. The zero-order chi connectivity index (χ0) is 11.7. The Kier molecular flexibility index (Phi) is 2.33. The third-order valence-electron chi connectivity index (χ3n) is 2.89. The number of hydrogen-bond donors (Lipinski definition) is 0. The number of carbonyl (C=O) groups is 1. The van der Waals surface area contributed by atoms with Crippen molar-refractivity contribution in [1.82, 2.24) is 0 Å². The van der Waals surface area contributed by atoms with Gasteiger partial charge in [0.1, 0.15) is 0 Å². The Morgan fingerprint density at radius 3 is 2.24 bits per heavy atom. The molecule has 0 aromatic heterocycles. The molecule has 2 heteroatoms. The van der Waals surface area contributed by atoms with E-state index in [-0.39, 0.29) is 5.78 Å². The van der Waals surface area contributed by atoms with Gasteiger partial charge in [0.25, 0.3) is 0 Å². The fraction of sp³-hybridized carbons (Fsp3) is 0.0667. The summed E-state index contributed by atoms with van der Waals surface area (Å²) in [4.78, 5) is 16.3. The lowest BCUT2D eigenvalue weighted by Crippen LogP contribution is -1.94. The summed E-state index contributed by atoms with van der Waals surface area (Å²) in [7, 11) is 0. The van der Waals surface area contributed by atoms with E-state index in [1.165, 1.54) is 0 Å². The zero-order valence-electron chi connectivity index (χ0n) is 9.26. The van der Waals surface area contributed by atoms with Crippen molar-refractivity contribution in [2.75, 3.05) is 0 Å². The number of fused-ring (bicyclic) bond motifs is 1. The number of hydrogen-bond acceptors (Lipinski definition) is 2. The second-order valence-corrected chi connectivity index (χ2v) is 4.04. The second-order valence-electron chi connectivity index (χ2n) is 4.04. The molecule has 1 aliphatic carbocycles. The van der Waals surface area contributed by atoms with Crippen molar-refractivity contribution >= 4 is 17.2 Å². The summed E-state index contributed by atoms with van der Waals surface area (Å²) in [5, 5.41) is 0. The summed E-state index contributed by atoms with van der Waals surface area (Å²) in [5.74, 6) is 0.162. The van der Waals surface area contributed by atoms with Gasteiger partial charge in [-0.3, -0.25) is 9.79 Å². The van der Waals surface area contributed by atoms with E-state index < -0.39 is 0 Å². The maximum Gasteiger partial charge on any atom is 0.169 e. The number of rotatable bonds is 1. The van der Waals surface area contributed by atoms with Gasteiger partial charge in [-0.1, -0.05) is 42.5 Å². The van der Waals surface area contributed by atoms with Crippen LogP contribution < -0.4 is 0 Å². The first-order valence-corrected chi connectivity index (χ1v) is 5.60. The number of carbonyl (C=O) groups excluding carboxylic acids is 1. The van der Waals surface area contributed by atoms with E-state index in [9.17, 15) is 4.79 Å². The van der Waals surface area contributed by atoms with E-state index in [4.69, 9.17) is 0 Å². The predicted molar refractivity (Wildman–Crippen MR) is 68.0 cm³/mol. The van der Waals surface area contributed by atoms with Crippen molar-refractivity contribution < 1.29 is 4.79 Å². The molecule has 0 radical (unpaired) electrons. The van der Waals surface area contributed by atoms with E-state index >= 15 is 0 Å². The van der Waals surface area contributed by atoms with Crippen molar-refractivity contribution in [2.45, 2.75) is 6.42 Å². The molecular formula is C15H11NO. The molecule has 0 unspecified atom stereocenters.